The number of aromatic amines is 1. The van der Waals surface area contributed by atoms with Crippen LogP contribution in [0.4, 0.5) is 5.82 Å². The fourth-order valence-electron chi connectivity index (χ4n) is 0.541. The second kappa shape index (κ2) is 1.89. The van der Waals surface area contributed by atoms with Gasteiger partial charge in [0.05, 0.1) is 0 Å². The van der Waals surface area contributed by atoms with Crippen LogP contribution in [0.25, 0.3) is 0 Å². The average molecular weight is 125 g/mol. The van der Waals surface area contributed by atoms with E-state index in [0.717, 1.165) is 0 Å². The van der Waals surface area contributed by atoms with Crippen molar-refractivity contribution < 1.29 is 4.79 Å². The number of carbonyl (C=O) groups excluding carboxylic acids is 1. The maximum Gasteiger partial charge on any atom is 0.168 e. The molecule has 0 bridgehead atoms. The van der Waals surface area contributed by atoms with Gasteiger partial charge in [-0.1, -0.05) is 0 Å². The lowest BCUT2D eigenvalue weighted by Gasteiger charge is -1.83. The molecule has 0 radical (unpaired) electrons. The number of aromatic nitrogens is 2. The zero-order valence-corrected chi connectivity index (χ0v) is 5.01. The van der Waals surface area contributed by atoms with Gasteiger partial charge in [0.15, 0.2) is 6.29 Å². The van der Waals surface area contributed by atoms with Gasteiger partial charge in [-0.3, -0.25) is 9.89 Å². The molecule has 1 rings (SSSR count). The van der Waals surface area contributed by atoms with E-state index in [0.29, 0.717) is 23.4 Å². The van der Waals surface area contributed by atoms with Crippen LogP contribution in [-0.2, 0) is 0 Å². The van der Waals surface area contributed by atoms with Crippen LogP contribution in [-0.4, -0.2) is 16.5 Å². The van der Waals surface area contributed by atoms with E-state index < -0.39 is 0 Å². The van der Waals surface area contributed by atoms with Crippen LogP contribution in [0, 0.1) is 6.92 Å². The molecular formula is C5H7N3O. The van der Waals surface area contributed by atoms with Gasteiger partial charge < -0.3 is 5.73 Å². The van der Waals surface area contributed by atoms with Crippen LogP contribution in [0.1, 0.15) is 16.1 Å². The smallest absolute Gasteiger partial charge is 0.168 e. The minimum atomic E-state index is 0.386. The molecule has 0 spiro atoms. The number of nitrogen functional groups attached to an aromatic ring is 1. The summed E-state index contributed by atoms with van der Waals surface area (Å²) in [6.07, 6.45) is 0.693. The fourth-order valence-corrected chi connectivity index (χ4v) is 0.541. The Morgan fingerprint density at radius 3 is 2.67 bits per heavy atom. The average Bonchev–Trinajstić information content (AvgIpc) is 2.15. The van der Waals surface area contributed by atoms with Crippen LogP contribution in [0.3, 0.4) is 0 Å². The van der Waals surface area contributed by atoms with E-state index in [-0.39, 0.29) is 0 Å². The number of hydrogen-bond donors (Lipinski definition) is 2. The van der Waals surface area contributed by atoms with E-state index >= 15 is 0 Å². The van der Waals surface area contributed by atoms with Crippen LogP contribution in [0.2, 0.25) is 0 Å². The number of aldehydes is 1. The van der Waals surface area contributed by atoms with E-state index in [1.807, 2.05) is 0 Å². The predicted molar refractivity (Wildman–Crippen MR) is 33.1 cm³/mol. The minimum Gasteiger partial charge on any atom is -0.382 e. The zero-order chi connectivity index (χ0) is 6.85. The first-order chi connectivity index (χ1) is 4.25. The monoisotopic (exact) mass is 125 g/mol. The summed E-state index contributed by atoms with van der Waals surface area (Å²) >= 11 is 0. The Balaban J connectivity index is 3.18. The number of hydrogen-bond acceptors (Lipinski definition) is 3. The third kappa shape index (κ3) is 0.782. The molecule has 0 aromatic carbocycles. The van der Waals surface area contributed by atoms with E-state index in [2.05, 4.69) is 10.2 Å². The largest absolute Gasteiger partial charge is 0.382 e. The number of carbonyl (C=O) groups is 1. The Hall–Kier alpha value is -1.32. The van der Waals surface area contributed by atoms with Gasteiger partial charge in [-0.15, -0.1) is 0 Å². The summed E-state index contributed by atoms with van der Waals surface area (Å²) in [5.74, 6) is 0.386. The van der Waals surface area contributed by atoms with Crippen molar-refractivity contribution in [3.63, 3.8) is 0 Å². The van der Waals surface area contributed by atoms with Crippen LogP contribution >= 0.6 is 0 Å². The maximum atomic E-state index is 10.1. The van der Waals surface area contributed by atoms with Crippen LogP contribution in [0.5, 0.6) is 0 Å². The summed E-state index contributed by atoms with van der Waals surface area (Å²) in [6, 6.07) is 0. The van der Waals surface area contributed by atoms with Crippen molar-refractivity contribution in [3.8, 4) is 0 Å². The fraction of sp³-hybridized carbons (Fsp3) is 0.200. The molecular weight excluding hydrogens is 118 g/mol. The molecule has 0 saturated heterocycles. The van der Waals surface area contributed by atoms with Gasteiger partial charge in [-0.25, -0.2) is 0 Å². The molecule has 0 atom stereocenters. The van der Waals surface area contributed by atoms with Gasteiger partial charge in [-0.2, -0.15) is 5.10 Å². The highest BCUT2D eigenvalue weighted by Crippen LogP contribution is 2.07. The van der Waals surface area contributed by atoms with E-state index in [4.69, 9.17) is 5.73 Å². The number of nitrogens with one attached hydrogen (secondary N) is 1. The molecule has 0 amide bonds. The topological polar surface area (TPSA) is 71.8 Å². The lowest BCUT2D eigenvalue weighted by Crippen LogP contribution is -1.86. The maximum absolute atomic E-state index is 10.1. The van der Waals surface area contributed by atoms with Gasteiger partial charge in [0.25, 0.3) is 0 Å². The SMILES string of the molecule is Cc1c(N)n[nH]c1C=O. The van der Waals surface area contributed by atoms with Gasteiger partial charge in [-0.05, 0) is 6.92 Å². The Morgan fingerprint density at radius 1 is 1.78 bits per heavy atom. The first kappa shape index (κ1) is 5.81. The predicted octanol–water partition coefficient (Wildman–Crippen LogP) is 0.113. The van der Waals surface area contributed by atoms with Gasteiger partial charge in [0, 0.05) is 5.56 Å². The van der Waals surface area contributed by atoms with Crippen LogP contribution in [0.15, 0.2) is 0 Å². The van der Waals surface area contributed by atoms with Crippen molar-refractivity contribution in [2.45, 2.75) is 6.92 Å². The first-order valence-corrected chi connectivity index (χ1v) is 2.51. The Kier molecular flexibility index (Phi) is 1.22. The van der Waals surface area contributed by atoms with Gasteiger partial charge >= 0.3 is 0 Å². The Bertz CT molecular complexity index is 228. The number of nitrogens with two attached hydrogens (primary N) is 1. The molecule has 3 N–H and O–H groups in total. The molecule has 4 nitrogen and oxygen atoms in total. The number of anilines is 1. The van der Waals surface area contributed by atoms with E-state index in [9.17, 15) is 4.79 Å². The highest BCUT2D eigenvalue weighted by atomic mass is 16.1. The van der Waals surface area contributed by atoms with Crippen LogP contribution < -0.4 is 5.73 Å². The molecule has 0 saturated carbocycles. The summed E-state index contributed by atoms with van der Waals surface area (Å²) in [4.78, 5) is 10.1. The first-order valence-electron chi connectivity index (χ1n) is 2.51. The third-order valence-corrected chi connectivity index (χ3v) is 1.20. The molecule has 0 aliphatic rings. The number of rotatable bonds is 1. The van der Waals surface area contributed by atoms with Crippen molar-refractivity contribution in [1.82, 2.24) is 10.2 Å². The highest BCUT2D eigenvalue weighted by Gasteiger charge is 2.01. The molecule has 0 fully saturated rings. The Labute approximate surface area is 52.1 Å². The number of nitrogens with zero attached hydrogens (tertiary/aromatic N) is 1. The van der Waals surface area contributed by atoms with E-state index in [1.54, 1.807) is 6.92 Å². The van der Waals surface area contributed by atoms with E-state index in [1.165, 1.54) is 0 Å². The van der Waals surface area contributed by atoms with Gasteiger partial charge in [0.1, 0.15) is 11.5 Å². The summed E-state index contributed by atoms with van der Waals surface area (Å²) in [5.41, 5.74) is 6.48. The van der Waals surface area contributed by atoms with Crippen molar-refractivity contribution in [3.05, 3.63) is 11.3 Å². The molecule has 1 aromatic rings. The Morgan fingerprint density at radius 2 is 2.44 bits per heavy atom. The summed E-state index contributed by atoms with van der Waals surface area (Å²) in [7, 11) is 0. The molecule has 0 aliphatic carbocycles. The summed E-state index contributed by atoms with van der Waals surface area (Å²) in [5, 5.41) is 6.09. The van der Waals surface area contributed by atoms with Crippen molar-refractivity contribution in [1.29, 1.82) is 0 Å². The second-order valence-electron chi connectivity index (χ2n) is 1.77. The third-order valence-electron chi connectivity index (χ3n) is 1.20. The molecule has 0 aliphatic heterocycles. The standard InChI is InChI=1S/C5H7N3O/c1-3-4(2-9)7-8-5(3)6/h2H,1H3,(H3,6,7,8). The molecule has 48 valence electrons. The zero-order valence-electron chi connectivity index (χ0n) is 5.01. The lowest BCUT2D eigenvalue weighted by atomic mass is 10.3. The quantitative estimate of drug-likeness (QED) is 0.523. The molecule has 0 unspecified atom stereocenters. The second-order valence-corrected chi connectivity index (χ2v) is 1.77. The lowest BCUT2D eigenvalue weighted by molar-refractivity contribution is 0.111. The van der Waals surface area contributed by atoms with Gasteiger partial charge in [0.2, 0.25) is 0 Å². The summed E-state index contributed by atoms with van der Waals surface area (Å²) in [6.45, 7) is 1.74. The summed E-state index contributed by atoms with van der Waals surface area (Å²) < 4.78 is 0. The molecule has 9 heavy (non-hydrogen) atoms. The number of H-pyrrole nitrogens is 1. The molecule has 4 heteroatoms. The highest BCUT2D eigenvalue weighted by molar-refractivity contribution is 5.76. The molecule has 1 heterocycles. The van der Waals surface area contributed by atoms with Crippen molar-refractivity contribution >= 4 is 12.1 Å². The molecule has 1 aromatic heterocycles. The van der Waals surface area contributed by atoms with Crippen molar-refractivity contribution in [2.75, 3.05) is 5.73 Å². The normalized spacial score (nSPS) is 9.44. The van der Waals surface area contributed by atoms with Crippen molar-refractivity contribution in [2.24, 2.45) is 0 Å². The minimum absolute atomic E-state index is 0.386.